The number of hydrogen-bond acceptors (Lipinski definition) is 3. The van der Waals surface area contributed by atoms with Gasteiger partial charge in [-0.05, 0) is 29.5 Å². The molecule has 4 nitrogen and oxygen atoms in total. The number of amides is 1. The third-order valence-electron chi connectivity index (χ3n) is 7.60. The maximum Gasteiger partial charge on any atom is 0.228 e. The fourth-order valence-electron chi connectivity index (χ4n) is 5.29. The van der Waals surface area contributed by atoms with Crippen molar-refractivity contribution < 1.29 is 31.1 Å². The molecule has 0 atom stereocenters. The first-order valence-electron chi connectivity index (χ1n) is 15.9. The third kappa shape index (κ3) is 13.4. The highest BCUT2D eigenvalue weighted by Crippen LogP contribution is 2.35. The van der Waals surface area contributed by atoms with E-state index in [2.05, 4.69) is 78.9 Å². The molecule has 0 unspecified atom stereocenters. The van der Waals surface area contributed by atoms with E-state index in [-0.39, 0.29) is 28.3 Å². The first-order valence-corrected chi connectivity index (χ1v) is 16.9. The molecule has 0 fully saturated rings. The summed E-state index contributed by atoms with van der Waals surface area (Å²) < 4.78 is 8.58. The highest BCUT2D eigenvalue weighted by molar-refractivity contribution is 7.07. The Bertz CT molecular complexity index is 1160. The predicted molar refractivity (Wildman–Crippen MR) is 174 cm³/mol. The van der Waals surface area contributed by atoms with Gasteiger partial charge in [-0.1, -0.05) is 140 Å². The predicted octanol–water partition coefficient (Wildman–Crippen LogP) is 6.65. The molecule has 1 amide bonds. The van der Waals surface area contributed by atoms with Crippen LogP contribution in [0.1, 0.15) is 121 Å². The molecular weight excluding hydrogens is 604 g/mol. The lowest BCUT2D eigenvalue weighted by Gasteiger charge is -2.25. The summed E-state index contributed by atoms with van der Waals surface area (Å²) in [5.74, 6) is 0.868. The van der Waals surface area contributed by atoms with Gasteiger partial charge in [0.1, 0.15) is 5.75 Å². The van der Waals surface area contributed by atoms with Crippen molar-refractivity contribution in [2.45, 2.75) is 123 Å². The van der Waals surface area contributed by atoms with Crippen molar-refractivity contribution in [2.75, 3.05) is 11.9 Å². The number of ether oxygens (including phenoxy) is 1. The first-order chi connectivity index (χ1) is 19.9. The SMILES string of the molecule is CCCCCCCCCCCCCCOc1c(CC(=O)Nc2cccc(C[n+]3ccsc3)c2)cccc1C(C)(C)C.[Br-]. The van der Waals surface area contributed by atoms with Gasteiger partial charge in [0.25, 0.3) is 0 Å². The number of para-hydroxylation sites is 1. The second kappa shape index (κ2) is 19.9. The number of halogens is 1. The number of unbranched alkanes of at least 4 members (excludes halogenated alkanes) is 11. The molecule has 0 saturated carbocycles. The van der Waals surface area contributed by atoms with E-state index in [1.165, 1.54) is 70.6 Å². The number of aromatic nitrogens is 1. The van der Waals surface area contributed by atoms with Crippen LogP contribution in [0, 0.1) is 0 Å². The van der Waals surface area contributed by atoms with Gasteiger partial charge in [0.05, 0.1) is 18.4 Å². The number of carbonyl (C=O) groups excluding carboxylic acids is 1. The number of anilines is 1. The summed E-state index contributed by atoms with van der Waals surface area (Å²) in [4.78, 5) is 13.1. The smallest absolute Gasteiger partial charge is 0.228 e. The maximum atomic E-state index is 13.1. The fraction of sp³-hybridized carbons (Fsp3) is 0.556. The number of hydrogen-bond donors (Lipinski definition) is 1. The molecule has 0 spiro atoms. The van der Waals surface area contributed by atoms with E-state index in [0.717, 1.165) is 41.1 Å². The van der Waals surface area contributed by atoms with Crippen LogP contribution in [-0.2, 0) is 23.2 Å². The Balaban J connectivity index is 0.00000616. The van der Waals surface area contributed by atoms with Gasteiger partial charge in [0.2, 0.25) is 11.4 Å². The van der Waals surface area contributed by atoms with Crippen molar-refractivity contribution in [3.8, 4) is 5.75 Å². The van der Waals surface area contributed by atoms with Crippen LogP contribution in [0.4, 0.5) is 5.69 Å². The molecule has 0 aliphatic heterocycles. The number of thiazole rings is 1. The molecule has 0 aliphatic rings. The molecule has 0 aliphatic carbocycles. The van der Waals surface area contributed by atoms with Crippen LogP contribution in [0.3, 0.4) is 0 Å². The minimum Gasteiger partial charge on any atom is -1.00 e. The molecule has 1 N–H and O–H groups in total. The molecule has 232 valence electrons. The van der Waals surface area contributed by atoms with E-state index in [1.54, 1.807) is 11.3 Å². The van der Waals surface area contributed by atoms with Crippen molar-refractivity contribution in [3.05, 3.63) is 76.2 Å². The summed E-state index contributed by atoms with van der Waals surface area (Å²) in [6.07, 6.45) is 18.3. The summed E-state index contributed by atoms with van der Waals surface area (Å²) in [7, 11) is 0. The lowest BCUT2D eigenvalue weighted by atomic mass is 9.84. The molecule has 0 bridgehead atoms. The summed E-state index contributed by atoms with van der Waals surface area (Å²) in [6.45, 7) is 10.4. The minimum atomic E-state index is -0.0635. The van der Waals surface area contributed by atoms with Crippen molar-refractivity contribution in [3.63, 3.8) is 0 Å². The quantitative estimate of drug-likeness (QED) is 0.116. The molecule has 42 heavy (non-hydrogen) atoms. The van der Waals surface area contributed by atoms with Crippen LogP contribution in [0.15, 0.2) is 59.6 Å². The maximum absolute atomic E-state index is 13.1. The molecule has 2 aromatic carbocycles. The lowest BCUT2D eigenvalue weighted by molar-refractivity contribution is -0.683. The zero-order valence-corrected chi connectivity index (χ0v) is 28.8. The van der Waals surface area contributed by atoms with Gasteiger partial charge < -0.3 is 27.0 Å². The Kier molecular flexibility index (Phi) is 17.1. The van der Waals surface area contributed by atoms with Gasteiger partial charge in [-0.3, -0.25) is 4.79 Å². The Morgan fingerprint density at radius 1 is 0.881 bits per heavy atom. The van der Waals surface area contributed by atoms with Crippen molar-refractivity contribution >= 4 is 22.9 Å². The van der Waals surface area contributed by atoms with E-state index in [4.69, 9.17) is 4.74 Å². The standard InChI is InChI=1S/C36H52N2O2S.BrH/c1-5-6-7-8-9-10-11-12-13-14-15-16-24-40-35-31(20-18-22-33(35)36(2,3)4)27-34(39)37-32-21-17-19-30(26-32)28-38-23-25-41-29-38;/h17-23,25-26,29H,5-16,24,27-28H2,1-4H3;1H. The lowest BCUT2D eigenvalue weighted by Crippen LogP contribution is -3.00. The topological polar surface area (TPSA) is 42.2 Å². The molecule has 1 heterocycles. The van der Waals surface area contributed by atoms with E-state index in [9.17, 15) is 4.79 Å². The summed E-state index contributed by atoms with van der Waals surface area (Å²) in [5.41, 5.74) is 6.13. The normalized spacial score (nSPS) is 11.2. The summed E-state index contributed by atoms with van der Waals surface area (Å²) in [5, 5.41) is 5.18. The van der Waals surface area contributed by atoms with E-state index < -0.39 is 0 Å². The van der Waals surface area contributed by atoms with Gasteiger partial charge >= 0.3 is 0 Å². The highest BCUT2D eigenvalue weighted by atomic mass is 79.9. The van der Waals surface area contributed by atoms with Gasteiger partial charge in [-0.25, -0.2) is 0 Å². The van der Waals surface area contributed by atoms with Crippen LogP contribution in [0.5, 0.6) is 5.75 Å². The highest BCUT2D eigenvalue weighted by Gasteiger charge is 2.22. The Morgan fingerprint density at radius 2 is 1.52 bits per heavy atom. The van der Waals surface area contributed by atoms with Crippen molar-refractivity contribution in [1.29, 1.82) is 0 Å². The van der Waals surface area contributed by atoms with Gasteiger partial charge in [0.15, 0.2) is 12.7 Å². The molecule has 0 saturated heterocycles. The number of nitrogens with one attached hydrogen (secondary N) is 1. The van der Waals surface area contributed by atoms with Gasteiger partial charge in [0, 0.05) is 16.8 Å². The summed E-state index contributed by atoms with van der Waals surface area (Å²) in [6, 6.07) is 14.3. The average Bonchev–Trinajstić information content (AvgIpc) is 3.44. The number of carbonyl (C=O) groups is 1. The van der Waals surface area contributed by atoms with Crippen LogP contribution < -0.4 is 31.6 Å². The van der Waals surface area contributed by atoms with Crippen LogP contribution >= 0.6 is 11.3 Å². The van der Waals surface area contributed by atoms with E-state index >= 15 is 0 Å². The Labute approximate surface area is 270 Å². The molecule has 3 rings (SSSR count). The number of nitrogens with zero attached hydrogens (tertiary/aromatic N) is 1. The van der Waals surface area contributed by atoms with Gasteiger partial charge in [-0.2, -0.15) is 4.57 Å². The Hall–Kier alpha value is -2.18. The largest absolute Gasteiger partial charge is 1.00 e. The van der Waals surface area contributed by atoms with Gasteiger partial charge in [-0.15, -0.1) is 0 Å². The second-order valence-corrected chi connectivity index (χ2v) is 13.2. The molecule has 1 aromatic heterocycles. The van der Waals surface area contributed by atoms with E-state index in [0.29, 0.717) is 13.0 Å². The van der Waals surface area contributed by atoms with Crippen LogP contribution in [0.2, 0.25) is 0 Å². The van der Waals surface area contributed by atoms with Crippen molar-refractivity contribution in [2.24, 2.45) is 0 Å². The zero-order valence-electron chi connectivity index (χ0n) is 26.4. The zero-order chi connectivity index (χ0) is 29.3. The van der Waals surface area contributed by atoms with Crippen LogP contribution in [0.25, 0.3) is 0 Å². The van der Waals surface area contributed by atoms with Crippen molar-refractivity contribution in [1.82, 2.24) is 0 Å². The average molecular weight is 658 g/mol. The minimum absolute atomic E-state index is 0. The second-order valence-electron chi connectivity index (χ2n) is 12.4. The fourth-order valence-corrected chi connectivity index (χ4v) is 5.89. The van der Waals surface area contributed by atoms with Crippen LogP contribution in [-0.4, -0.2) is 12.5 Å². The first kappa shape index (κ1) is 36.0. The number of rotatable bonds is 19. The third-order valence-corrected chi connectivity index (χ3v) is 8.27. The summed E-state index contributed by atoms with van der Waals surface area (Å²) >= 11 is 1.68. The molecule has 3 aromatic rings. The molecular formula is C36H53BrN2O2S. The molecule has 0 radical (unpaired) electrons. The van der Waals surface area contributed by atoms with E-state index in [1.807, 2.05) is 18.2 Å². The Morgan fingerprint density at radius 3 is 2.14 bits per heavy atom. The molecule has 6 heteroatoms. The monoisotopic (exact) mass is 656 g/mol. The number of benzene rings is 2.